The minimum absolute atomic E-state index is 0.0576. The van der Waals surface area contributed by atoms with Crippen molar-refractivity contribution in [3.63, 3.8) is 0 Å². The van der Waals surface area contributed by atoms with Gasteiger partial charge in [0, 0.05) is 6.61 Å². The molecular weight excluding hydrogens is 331 g/mol. The van der Waals surface area contributed by atoms with E-state index in [4.69, 9.17) is 20.8 Å². The van der Waals surface area contributed by atoms with Crippen molar-refractivity contribution >= 4 is 25.0 Å². The lowest BCUT2D eigenvalue weighted by molar-refractivity contribution is 0.0830. The molecule has 1 atom stereocenters. The van der Waals surface area contributed by atoms with Gasteiger partial charge in [0.05, 0.1) is 14.0 Å². The normalized spacial score (nSPS) is 24.4. The average Bonchev–Trinajstić information content (AvgIpc) is 2.45. The van der Waals surface area contributed by atoms with Gasteiger partial charge in [-0.25, -0.2) is 0 Å². The fourth-order valence-electron chi connectivity index (χ4n) is 3.74. The van der Waals surface area contributed by atoms with Crippen LogP contribution in [0.1, 0.15) is 61.8 Å². The van der Waals surface area contributed by atoms with Crippen LogP contribution in [0.25, 0.3) is 0 Å². The van der Waals surface area contributed by atoms with E-state index < -0.39 is 17.1 Å². The fraction of sp³-hybridized carbons (Fsp3) is 0.889. The molecule has 1 aliphatic heterocycles. The van der Waals surface area contributed by atoms with Gasteiger partial charge < -0.3 is 13.0 Å². The van der Waals surface area contributed by atoms with Crippen molar-refractivity contribution in [2.45, 2.75) is 96.4 Å². The molecular formula is C18H37BO3Si2. The molecule has 0 aliphatic carbocycles. The summed E-state index contributed by atoms with van der Waals surface area (Å²) in [5.41, 5.74) is 2.41. The third kappa shape index (κ3) is 4.26. The molecule has 0 aromatic rings. The summed E-state index contributed by atoms with van der Waals surface area (Å²) in [6.07, 6.45) is 1.21. The largest absolute Gasteiger partial charge is 0.414 e. The molecule has 0 bridgehead atoms. The lowest BCUT2D eigenvalue weighted by Crippen LogP contribution is -2.63. The van der Waals surface area contributed by atoms with Crippen LogP contribution in [0.4, 0.5) is 0 Å². The highest BCUT2D eigenvalue weighted by Crippen LogP contribution is 2.46. The van der Waals surface area contributed by atoms with Crippen molar-refractivity contribution in [2.24, 2.45) is 0 Å². The van der Waals surface area contributed by atoms with Crippen molar-refractivity contribution in [1.29, 1.82) is 0 Å². The predicted molar refractivity (Wildman–Crippen MR) is 108 cm³/mol. The molecule has 0 unspecified atom stereocenters. The average molecular weight is 368 g/mol. The number of rotatable bonds is 6. The maximum Gasteiger partial charge on any atom is 0.335 e. The van der Waals surface area contributed by atoms with Crippen LogP contribution in [0.3, 0.4) is 0 Å². The first kappa shape index (κ1) is 22.2. The van der Waals surface area contributed by atoms with Gasteiger partial charge in [0.1, 0.15) is 0 Å². The van der Waals surface area contributed by atoms with E-state index in [2.05, 4.69) is 62.0 Å². The van der Waals surface area contributed by atoms with Gasteiger partial charge in [-0.1, -0.05) is 73.9 Å². The highest BCUT2D eigenvalue weighted by molar-refractivity contribution is 6.83. The third-order valence-corrected chi connectivity index (χ3v) is 15.6. The van der Waals surface area contributed by atoms with Crippen molar-refractivity contribution in [3.05, 3.63) is 12.2 Å². The van der Waals surface area contributed by atoms with Gasteiger partial charge in [0.25, 0.3) is 0 Å². The highest BCUT2D eigenvalue weighted by Gasteiger charge is 2.57. The van der Waals surface area contributed by atoms with E-state index in [1.54, 1.807) is 0 Å². The molecule has 0 N–H and O–H groups in total. The second kappa shape index (κ2) is 8.67. The number of hydrogen-bond acceptors (Lipinski definition) is 3. The van der Waals surface area contributed by atoms with E-state index >= 15 is 0 Å². The summed E-state index contributed by atoms with van der Waals surface area (Å²) in [4.78, 5) is 0. The summed E-state index contributed by atoms with van der Waals surface area (Å²) in [5, 5.41) is 0. The Hall–Kier alpha value is 0.119. The van der Waals surface area contributed by atoms with Crippen molar-refractivity contribution in [2.75, 3.05) is 6.61 Å². The first-order chi connectivity index (χ1) is 11.0. The minimum Gasteiger partial charge on any atom is -0.414 e. The summed E-state index contributed by atoms with van der Waals surface area (Å²) >= 11 is 0. The molecule has 1 heterocycles. The van der Waals surface area contributed by atoms with E-state index in [9.17, 15) is 0 Å². The first-order valence-corrected chi connectivity index (χ1v) is 13.4. The fourth-order valence-corrected chi connectivity index (χ4v) is 15.0. The van der Waals surface area contributed by atoms with Crippen molar-refractivity contribution < 1.29 is 13.0 Å². The third-order valence-electron chi connectivity index (χ3n) is 5.29. The van der Waals surface area contributed by atoms with Crippen molar-refractivity contribution in [3.8, 4) is 0 Å². The summed E-state index contributed by atoms with van der Waals surface area (Å²) in [6.45, 7) is 22.7. The van der Waals surface area contributed by atoms with Gasteiger partial charge >= 0.3 is 17.1 Å². The predicted octanol–water partition coefficient (Wildman–Crippen LogP) is 5.48. The Kier molecular flexibility index (Phi) is 8.01. The Balaban J connectivity index is 3.39. The summed E-state index contributed by atoms with van der Waals surface area (Å²) < 4.78 is 20.5. The molecule has 0 aromatic heterocycles. The van der Waals surface area contributed by atoms with Gasteiger partial charge in [-0.05, 0) is 28.6 Å². The van der Waals surface area contributed by atoms with E-state index in [0.29, 0.717) is 35.1 Å². The Morgan fingerprint density at radius 1 is 0.958 bits per heavy atom. The molecule has 3 nitrogen and oxygen atoms in total. The molecule has 0 saturated carbocycles. The van der Waals surface area contributed by atoms with Crippen LogP contribution in [0.15, 0.2) is 12.2 Å². The quantitative estimate of drug-likeness (QED) is 0.459. The first-order valence-electron chi connectivity index (χ1n) is 9.43. The second-order valence-electron chi connectivity index (χ2n) is 8.27. The molecule has 0 spiro atoms. The SMILES string of the molecule is [B]CC(=C)[C@@H]1CCO[Si](C(C)C)(C(C)C)O[Si](C(C)C)(C(C)C)O1. The van der Waals surface area contributed by atoms with Gasteiger partial charge in [0.2, 0.25) is 0 Å². The highest BCUT2D eigenvalue weighted by atomic mass is 28.5. The summed E-state index contributed by atoms with van der Waals surface area (Å²) in [6, 6.07) is 0. The zero-order valence-electron chi connectivity index (χ0n) is 17.0. The molecule has 138 valence electrons. The lowest BCUT2D eigenvalue weighted by atomic mass is 9.93. The van der Waals surface area contributed by atoms with Crippen LogP contribution in [0.2, 0.25) is 28.5 Å². The monoisotopic (exact) mass is 368 g/mol. The molecule has 6 heteroatoms. The number of hydrogen-bond donors (Lipinski definition) is 0. The van der Waals surface area contributed by atoms with Crippen molar-refractivity contribution in [1.82, 2.24) is 0 Å². The van der Waals surface area contributed by atoms with E-state index in [1.807, 2.05) is 0 Å². The van der Waals surface area contributed by atoms with Crippen LogP contribution >= 0.6 is 0 Å². The van der Waals surface area contributed by atoms with Crippen LogP contribution in [-0.4, -0.2) is 37.7 Å². The van der Waals surface area contributed by atoms with Crippen LogP contribution in [0.5, 0.6) is 0 Å². The Morgan fingerprint density at radius 2 is 1.42 bits per heavy atom. The van der Waals surface area contributed by atoms with Gasteiger partial charge in [-0.2, -0.15) is 0 Å². The summed E-state index contributed by atoms with van der Waals surface area (Å²) in [7, 11) is 0.964. The molecule has 24 heavy (non-hydrogen) atoms. The molecule has 0 amide bonds. The molecule has 1 saturated heterocycles. The standard InChI is InChI=1S/C18H37BO3Si2/c1-13(2)23(14(3)4)20-11-10-18(17(9)12-19)21-24(22-23,15(5)6)16(7)8/h13-16,18H,9-12H2,1-8H3/t18-/m0/s1. The maximum atomic E-state index is 7.09. The zero-order chi connectivity index (χ0) is 18.7. The molecule has 1 fully saturated rings. The second-order valence-corrected chi connectivity index (χ2v) is 17.1. The van der Waals surface area contributed by atoms with E-state index in [-0.39, 0.29) is 6.10 Å². The Morgan fingerprint density at radius 3 is 1.79 bits per heavy atom. The maximum absolute atomic E-state index is 7.09. The van der Waals surface area contributed by atoms with Gasteiger partial charge in [0.15, 0.2) is 0 Å². The van der Waals surface area contributed by atoms with E-state index in [0.717, 1.165) is 12.0 Å². The van der Waals surface area contributed by atoms with Crippen LogP contribution < -0.4 is 0 Å². The zero-order valence-corrected chi connectivity index (χ0v) is 19.0. The van der Waals surface area contributed by atoms with Gasteiger partial charge in [-0.15, -0.1) is 0 Å². The molecule has 2 radical (unpaired) electrons. The summed E-state index contributed by atoms with van der Waals surface area (Å²) in [5.74, 6) is 0. The van der Waals surface area contributed by atoms with E-state index in [1.165, 1.54) is 0 Å². The molecule has 1 aliphatic rings. The van der Waals surface area contributed by atoms with Crippen LogP contribution in [-0.2, 0) is 13.0 Å². The van der Waals surface area contributed by atoms with Crippen LogP contribution in [0, 0.1) is 0 Å². The Labute approximate surface area is 153 Å². The molecule has 0 aromatic carbocycles. The Bertz CT molecular complexity index is 408. The van der Waals surface area contributed by atoms with Gasteiger partial charge in [-0.3, -0.25) is 0 Å². The smallest absolute Gasteiger partial charge is 0.335 e. The molecule has 1 rings (SSSR count). The minimum atomic E-state index is -2.50. The topological polar surface area (TPSA) is 27.7 Å². The lowest BCUT2D eigenvalue weighted by Gasteiger charge is -2.51.